The molecule has 0 saturated heterocycles. The topological polar surface area (TPSA) is 89.1 Å². The number of nitrogens with zero attached hydrogens (tertiary/aromatic N) is 1. The second kappa shape index (κ2) is 4.36. The molecule has 1 aromatic rings. The third-order valence-electron chi connectivity index (χ3n) is 1.62. The monoisotopic (exact) mass is 193 g/mol. The molecular weight excluding hydrogens is 182 g/mol. The molecule has 0 aromatic carbocycles. The Morgan fingerprint density at radius 3 is 2.79 bits per heavy atom. The van der Waals surface area contributed by atoms with Gasteiger partial charge in [-0.25, -0.2) is 4.79 Å². The van der Waals surface area contributed by atoms with Crippen LogP contribution in [0.5, 0.6) is 0 Å². The number of rotatable bonds is 3. The lowest BCUT2D eigenvalue weighted by Crippen LogP contribution is -2.14. The summed E-state index contributed by atoms with van der Waals surface area (Å²) in [5.41, 5.74) is 6.25. The molecule has 0 amide bonds. The molecule has 0 aliphatic heterocycles. The van der Waals surface area contributed by atoms with E-state index in [-0.39, 0.29) is 5.84 Å². The Kier molecular flexibility index (Phi) is 3.17. The lowest BCUT2D eigenvalue weighted by atomic mass is 10.2. The van der Waals surface area contributed by atoms with Gasteiger partial charge in [-0.1, -0.05) is 0 Å². The van der Waals surface area contributed by atoms with Crippen molar-refractivity contribution < 1.29 is 9.53 Å². The number of esters is 1. The normalized spacial score (nSPS) is 9.50. The van der Waals surface area contributed by atoms with Crippen LogP contribution in [0, 0.1) is 5.41 Å². The Hall–Kier alpha value is -1.91. The molecule has 0 spiro atoms. The molecule has 0 aliphatic carbocycles. The lowest BCUT2D eigenvalue weighted by Gasteiger charge is -2.00. The van der Waals surface area contributed by atoms with Crippen LogP contribution in [0.25, 0.3) is 0 Å². The number of amidine groups is 1. The van der Waals surface area contributed by atoms with Crippen molar-refractivity contribution in [2.75, 3.05) is 7.11 Å². The number of ether oxygens (including phenoxy) is 1. The van der Waals surface area contributed by atoms with E-state index in [9.17, 15) is 4.79 Å². The van der Waals surface area contributed by atoms with Gasteiger partial charge in [-0.3, -0.25) is 10.4 Å². The van der Waals surface area contributed by atoms with Gasteiger partial charge < -0.3 is 10.5 Å². The molecule has 0 atom stereocenters. The highest BCUT2D eigenvalue weighted by Gasteiger charge is 2.05. The van der Waals surface area contributed by atoms with Gasteiger partial charge in [0.2, 0.25) is 0 Å². The number of hydrogen-bond acceptors (Lipinski definition) is 4. The third kappa shape index (κ3) is 2.55. The summed E-state index contributed by atoms with van der Waals surface area (Å²) in [6.45, 7) is 0. The van der Waals surface area contributed by atoms with Gasteiger partial charge in [-0.2, -0.15) is 0 Å². The summed E-state index contributed by atoms with van der Waals surface area (Å²) in [4.78, 5) is 15.0. The molecule has 1 rings (SSSR count). The van der Waals surface area contributed by atoms with Gasteiger partial charge in [-0.15, -0.1) is 0 Å². The molecule has 5 heteroatoms. The zero-order valence-electron chi connectivity index (χ0n) is 7.78. The molecule has 0 aliphatic rings. The Labute approximate surface area is 81.4 Å². The van der Waals surface area contributed by atoms with Gasteiger partial charge in [0, 0.05) is 18.3 Å². The quantitative estimate of drug-likeness (QED) is 0.411. The van der Waals surface area contributed by atoms with E-state index >= 15 is 0 Å². The summed E-state index contributed by atoms with van der Waals surface area (Å²) in [6, 6.07) is 3.24. The van der Waals surface area contributed by atoms with Crippen LogP contribution in [0.3, 0.4) is 0 Å². The number of methoxy groups -OCH3 is 1. The first-order chi connectivity index (χ1) is 6.63. The van der Waals surface area contributed by atoms with Crippen LogP contribution >= 0.6 is 0 Å². The van der Waals surface area contributed by atoms with Gasteiger partial charge in [0.1, 0.15) is 0 Å². The van der Waals surface area contributed by atoms with Crippen LogP contribution in [0.4, 0.5) is 0 Å². The van der Waals surface area contributed by atoms with Gasteiger partial charge in [0.05, 0.1) is 18.5 Å². The van der Waals surface area contributed by atoms with Crippen LogP contribution in [-0.2, 0) is 11.2 Å². The summed E-state index contributed by atoms with van der Waals surface area (Å²) < 4.78 is 4.51. The van der Waals surface area contributed by atoms with Crippen molar-refractivity contribution in [3.63, 3.8) is 0 Å². The molecule has 0 fully saturated rings. The van der Waals surface area contributed by atoms with E-state index in [1.165, 1.54) is 13.3 Å². The van der Waals surface area contributed by atoms with Gasteiger partial charge in [0.25, 0.3) is 0 Å². The fourth-order valence-corrected chi connectivity index (χ4v) is 0.963. The van der Waals surface area contributed by atoms with E-state index in [1.54, 1.807) is 12.1 Å². The van der Waals surface area contributed by atoms with E-state index in [2.05, 4.69) is 9.72 Å². The highest BCUT2D eigenvalue weighted by Crippen LogP contribution is 2.02. The maximum absolute atomic E-state index is 11.0. The summed E-state index contributed by atoms with van der Waals surface area (Å²) in [5, 5.41) is 7.05. The molecule has 1 heterocycles. The van der Waals surface area contributed by atoms with E-state index in [0.717, 1.165) is 0 Å². The van der Waals surface area contributed by atoms with Crippen molar-refractivity contribution >= 4 is 11.8 Å². The minimum absolute atomic E-state index is 0.0447. The minimum Gasteiger partial charge on any atom is -0.465 e. The zero-order valence-corrected chi connectivity index (χ0v) is 7.78. The second-order valence-corrected chi connectivity index (χ2v) is 2.73. The molecule has 5 nitrogen and oxygen atoms in total. The first-order valence-electron chi connectivity index (χ1n) is 3.99. The largest absolute Gasteiger partial charge is 0.465 e. The molecule has 14 heavy (non-hydrogen) atoms. The number of hydrogen-bond donors (Lipinski definition) is 2. The number of nitrogens with one attached hydrogen (secondary N) is 1. The van der Waals surface area contributed by atoms with E-state index in [0.29, 0.717) is 17.7 Å². The average molecular weight is 193 g/mol. The molecule has 3 N–H and O–H groups in total. The predicted octanol–water partition coefficient (Wildman–Crippen LogP) is 0.347. The number of pyridine rings is 1. The standard InChI is InChI=1S/C9H11N3O2/c1-14-9(13)6-2-3-7(12-5-6)4-8(10)11/h2-3,5H,4H2,1H3,(H3,10,11). The molecular formula is C9H11N3O2. The molecule has 0 saturated carbocycles. The van der Waals surface area contributed by atoms with Crippen LogP contribution in [0.1, 0.15) is 16.1 Å². The molecule has 0 unspecified atom stereocenters. The molecule has 0 radical (unpaired) electrons. The SMILES string of the molecule is COC(=O)c1ccc(CC(=N)N)nc1. The lowest BCUT2D eigenvalue weighted by molar-refractivity contribution is 0.0600. The third-order valence-corrected chi connectivity index (χ3v) is 1.62. The average Bonchev–Trinajstić information content (AvgIpc) is 2.17. The van der Waals surface area contributed by atoms with Crippen molar-refractivity contribution in [2.45, 2.75) is 6.42 Å². The summed E-state index contributed by atoms with van der Waals surface area (Å²) in [6.07, 6.45) is 1.70. The summed E-state index contributed by atoms with van der Waals surface area (Å²) >= 11 is 0. The first-order valence-corrected chi connectivity index (χ1v) is 3.99. The van der Waals surface area contributed by atoms with Gasteiger partial charge >= 0.3 is 5.97 Å². The Morgan fingerprint density at radius 2 is 2.36 bits per heavy atom. The maximum atomic E-state index is 11.0. The van der Waals surface area contributed by atoms with E-state index in [1.807, 2.05) is 0 Å². The van der Waals surface area contributed by atoms with Crippen LogP contribution in [0.15, 0.2) is 18.3 Å². The number of carbonyl (C=O) groups is 1. The minimum atomic E-state index is -0.424. The molecule has 0 bridgehead atoms. The smallest absolute Gasteiger partial charge is 0.339 e. The van der Waals surface area contributed by atoms with Gasteiger partial charge in [-0.05, 0) is 12.1 Å². The maximum Gasteiger partial charge on any atom is 0.339 e. The van der Waals surface area contributed by atoms with Crippen molar-refractivity contribution in [1.82, 2.24) is 4.98 Å². The van der Waals surface area contributed by atoms with Gasteiger partial charge in [0.15, 0.2) is 0 Å². The highest BCUT2D eigenvalue weighted by atomic mass is 16.5. The Balaban J connectivity index is 2.78. The summed E-state index contributed by atoms with van der Waals surface area (Å²) in [5.74, 6) is -0.379. The molecule has 74 valence electrons. The van der Waals surface area contributed by atoms with Crippen molar-refractivity contribution in [3.8, 4) is 0 Å². The van der Waals surface area contributed by atoms with Crippen molar-refractivity contribution in [2.24, 2.45) is 5.73 Å². The number of carbonyl (C=O) groups excluding carboxylic acids is 1. The van der Waals surface area contributed by atoms with Crippen molar-refractivity contribution in [3.05, 3.63) is 29.6 Å². The van der Waals surface area contributed by atoms with Crippen LogP contribution in [-0.4, -0.2) is 23.9 Å². The first kappa shape index (κ1) is 10.2. The second-order valence-electron chi connectivity index (χ2n) is 2.73. The van der Waals surface area contributed by atoms with Crippen molar-refractivity contribution in [1.29, 1.82) is 5.41 Å². The van der Waals surface area contributed by atoms with E-state index in [4.69, 9.17) is 11.1 Å². The fourth-order valence-electron chi connectivity index (χ4n) is 0.963. The fraction of sp³-hybridized carbons (Fsp3) is 0.222. The van der Waals surface area contributed by atoms with Crippen LogP contribution in [0.2, 0.25) is 0 Å². The summed E-state index contributed by atoms with van der Waals surface area (Å²) in [7, 11) is 1.31. The van der Waals surface area contributed by atoms with E-state index < -0.39 is 5.97 Å². The van der Waals surface area contributed by atoms with Crippen LogP contribution < -0.4 is 5.73 Å². The zero-order chi connectivity index (χ0) is 10.6. The predicted molar refractivity (Wildman–Crippen MR) is 51.2 cm³/mol. The highest BCUT2D eigenvalue weighted by molar-refractivity contribution is 5.89. The number of aromatic nitrogens is 1. The Bertz CT molecular complexity index is 346. The Morgan fingerprint density at radius 1 is 1.64 bits per heavy atom. The number of nitrogens with two attached hydrogens (primary N) is 1. The molecule has 1 aromatic heterocycles.